The van der Waals surface area contributed by atoms with Crippen LogP contribution in [0.25, 0.3) is 11.1 Å². The van der Waals surface area contributed by atoms with Crippen molar-refractivity contribution in [1.82, 2.24) is 0 Å². The molecule has 0 saturated carbocycles. The quantitative estimate of drug-likeness (QED) is 0.423. The molecule has 1 heterocycles. The number of aliphatic carboxylic acids is 1. The number of nitrogens with zero attached hydrogens (tertiary/aromatic N) is 1. The van der Waals surface area contributed by atoms with Crippen molar-refractivity contribution in [2.24, 2.45) is 0 Å². The van der Waals surface area contributed by atoms with Crippen LogP contribution < -0.4 is 9.04 Å². The van der Waals surface area contributed by atoms with Crippen LogP contribution in [0.15, 0.2) is 65.6 Å². The van der Waals surface area contributed by atoms with E-state index in [0.29, 0.717) is 22.8 Å². The molecular weight excluding hydrogens is 502 g/mol. The van der Waals surface area contributed by atoms with Crippen LogP contribution in [0, 0.1) is 12.7 Å². The molecule has 0 unspecified atom stereocenters. The Morgan fingerprint density at radius 3 is 2.50 bits per heavy atom. The summed E-state index contributed by atoms with van der Waals surface area (Å²) in [6, 6.07) is 12.2. The number of carboxylic acid groups (broad SMARTS) is 1. The number of carboxylic acids is 1. The number of aryl methyl sites for hydroxylation is 1. The molecule has 1 aliphatic heterocycles. The summed E-state index contributed by atoms with van der Waals surface area (Å²) in [4.78, 5) is 10.5. The fraction of sp³-hybridized carbons (Fsp3) is 0.240. The summed E-state index contributed by atoms with van der Waals surface area (Å²) in [6.45, 7) is 1.38. The average Bonchev–Trinajstić information content (AvgIpc) is 2.80. The zero-order chi connectivity index (χ0) is 26.3. The molecule has 11 heteroatoms. The summed E-state index contributed by atoms with van der Waals surface area (Å²) in [6.07, 6.45) is -5.91. The van der Waals surface area contributed by atoms with E-state index in [9.17, 15) is 30.8 Å². The van der Waals surface area contributed by atoms with E-state index in [0.717, 1.165) is 22.5 Å². The van der Waals surface area contributed by atoms with Gasteiger partial charge in [0.05, 0.1) is 22.7 Å². The van der Waals surface area contributed by atoms with Gasteiger partial charge in [0.2, 0.25) is 0 Å². The average molecular weight is 524 g/mol. The van der Waals surface area contributed by atoms with E-state index in [1.54, 1.807) is 19.1 Å². The van der Waals surface area contributed by atoms with E-state index in [-0.39, 0.29) is 30.8 Å². The molecule has 0 aromatic heterocycles. The fourth-order valence-corrected chi connectivity index (χ4v) is 5.56. The van der Waals surface area contributed by atoms with Gasteiger partial charge in [-0.25, -0.2) is 12.8 Å². The Balaban J connectivity index is 1.82. The van der Waals surface area contributed by atoms with Gasteiger partial charge in [-0.1, -0.05) is 18.2 Å². The molecule has 0 bridgehead atoms. The van der Waals surface area contributed by atoms with Crippen molar-refractivity contribution in [3.8, 4) is 16.9 Å². The Hall–Kier alpha value is -3.60. The van der Waals surface area contributed by atoms with Crippen molar-refractivity contribution >= 4 is 21.7 Å². The van der Waals surface area contributed by atoms with Crippen LogP contribution >= 0.6 is 0 Å². The Bertz CT molecular complexity index is 1400. The van der Waals surface area contributed by atoms with Crippen molar-refractivity contribution in [2.75, 3.05) is 10.8 Å². The van der Waals surface area contributed by atoms with E-state index in [4.69, 9.17) is 9.84 Å². The number of benzene rings is 3. The van der Waals surface area contributed by atoms with Gasteiger partial charge in [-0.3, -0.25) is 9.10 Å². The second-order valence-electron chi connectivity index (χ2n) is 8.43. The number of ether oxygens (including phenoxy) is 1. The lowest BCUT2D eigenvalue weighted by Gasteiger charge is -2.36. The maximum Gasteiger partial charge on any atom is 0.416 e. The molecule has 0 fully saturated rings. The molecule has 4 rings (SSSR count). The summed E-state index contributed by atoms with van der Waals surface area (Å²) in [5, 5.41) is 9.03. The Morgan fingerprint density at radius 1 is 1.08 bits per heavy atom. The fourth-order valence-electron chi connectivity index (χ4n) is 4.02. The van der Waals surface area contributed by atoms with Gasteiger partial charge in [-0.2, -0.15) is 13.2 Å². The molecule has 3 aromatic rings. The van der Waals surface area contributed by atoms with Crippen LogP contribution in [-0.2, 0) is 21.0 Å². The van der Waals surface area contributed by atoms with Crippen LogP contribution in [0.4, 0.5) is 23.2 Å². The minimum atomic E-state index is -4.75. The van der Waals surface area contributed by atoms with Crippen molar-refractivity contribution < 1.29 is 40.6 Å². The van der Waals surface area contributed by atoms with E-state index >= 15 is 0 Å². The highest BCUT2D eigenvalue weighted by Crippen LogP contribution is 2.41. The standard InChI is InChI=1S/C25H21F4NO5S/c1-15-9-17(11-19(26)10-15)16-5-7-23-22(12-16)30(14-20(35-23)6-8-24(31)32)36(33,34)21-4-2-3-18(13-21)25(27,28)29/h2-5,7,9-13,20H,6,8,14H2,1H3,(H,31,32)/t20-/m0/s1. The third-order valence-electron chi connectivity index (χ3n) is 5.70. The summed E-state index contributed by atoms with van der Waals surface area (Å²) in [7, 11) is -4.51. The van der Waals surface area contributed by atoms with Crippen LogP contribution in [-0.4, -0.2) is 32.1 Å². The first-order valence-electron chi connectivity index (χ1n) is 10.8. The monoisotopic (exact) mass is 523 g/mol. The highest BCUT2D eigenvalue weighted by atomic mass is 32.2. The molecule has 190 valence electrons. The first kappa shape index (κ1) is 25.5. The second-order valence-corrected chi connectivity index (χ2v) is 10.3. The number of fused-ring (bicyclic) bond motifs is 1. The second kappa shape index (κ2) is 9.45. The first-order chi connectivity index (χ1) is 16.8. The third kappa shape index (κ3) is 5.30. The van der Waals surface area contributed by atoms with Gasteiger partial charge < -0.3 is 9.84 Å². The van der Waals surface area contributed by atoms with Gasteiger partial charge in [-0.15, -0.1) is 0 Å². The number of alkyl halides is 3. The molecular formula is C25H21F4NO5S. The van der Waals surface area contributed by atoms with Gasteiger partial charge >= 0.3 is 12.1 Å². The topological polar surface area (TPSA) is 83.9 Å². The van der Waals surface area contributed by atoms with E-state index in [1.165, 1.54) is 24.3 Å². The summed E-state index contributed by atoms with van der Waals surface area (Å²) >= 11 is 0. The van der Waals surface area contributed by atoms with E-state index in [1.807, 2.05) is 0 Å². The molecule has 0 saturated heterocycles. The van der Waals surface area contributed by atoms with Gasteiger partial charge in [0.25, 0.3) is 10.0 Å². The van der Waals surface area contributed by atoms with Crippen molar-refractivity contribution in [2.45, 2.75) is 36.9 Å². The number of halogens is 4. The molecule has 6 nitrogen and oxygen atoms in total. The number of hydrogen-bond donors (Lipinski definition) is 1. The molecule has 1 N–H and O–H groups in total. The number of anilines is 1. The lowest BCUT2D eigenvalue weighted by Crippen LogP contribution is -2.43. The lowest BCUT2D eigenvalue weighted by molar-refractivity contribution is -0.138. The van der Waals surface area contributed by atoms with Crippen molar-refractivity contribution in [3.05, 3.63) is 77.6 Å². The normalized spacial score (nSPS) is 15.8. The number of hydrogen-bond acceptors (Lipinski definition) is 4. The highest BCUT2D eigenvalue weighted by Gasteiger charge is 2.37. The first-order valence-corrected chi connectivity index (χ1v) is 12.3. The van der Waals surface area contributed by atoms with E-state index < -0.39 is 44.5 Å². The molecule has 0 amide bonds. The Kier molecular flexibility index (Phi) is 6.70. The van der Waals surface area contributed by atoms with Crippen LogP contribution in [0.5, 0.6) is 5.75 Å². The van der Waals surface area contributed by atoms with Crippen molar-refractivity contribution in [1.29, 1.82) is 0 Å². The largest absolute Gasteiger partial charge is 0.486 e. The maximum atomic E-state index is 14.0. The van der Waals surface area contributed by atoms with Crippen LogP contribution in [0.1, 0.15) is 24.0 Å². The zero-order valence-electron chi connectivity index (χ0n) is 18.9. The number of rotatable bonds is 6. The van der Waals surface area contributed by atoms with Crippen LogP contribution in [0.3, 0.4) is 0 Å². The Labute approximate surface area is 204 Å². The minimum Gasteiger partial charge on any atom is -0.486 e. The number of carbonyl (C=O) groups is 1. The third-order valence-corrected chi connectivity index (χ3v) is 7.47. The Morgan fingerprint density at radius 2 is 1.83 bits per heavy atom. The lowest BCUT2D eigenvalue weighted by atomic mass is 10.0. The molecule has 0 radical (unpaired) electrons. The van der Waals surface area contributed by atoms with Gasteiger partial charge in [0.1, 0.15) is 17.7 Å². The van der Waals surface area contributed by atoms with Gasteiger partial charge in [0, 0.05) is 6.42 Å². The maximum absolute atomic E-state index is 14.0. The summed E-state index contributed by atoms with van der Waals surface area (Å²) in [5.41, 5.74) is 0.510. The molecule has 1 aliphatic rings. The van der Waals surface area contributed by atoms with Gasteiger partial charge in [-0.05, 0) is 72.5 Å². The molecule has 0 spiro atoms. The summed E-state index contributed by atoms with van der Waals surface area (Å²) in [5.74, 6) is -1.47. The minimum absolute atomic E-state index is 0.0196. The van der Waals surface area contributed by atoms with E-state index in [2.05, 4.69) is 0 Å². The van der Waals surface area contributed by atoms with Crippen molar-refractivity contribution in [3.63, 3.8) is 0 Å². The number of sulfonamides is 1. The molecule has 36 heavy (non-hydrogen) atoms. The molecule has 3 aromatic carbocycles. The smallest absolute Gasteiger partial charge is 0.416 e. The van der Waals surface area contributed by atoms with Gasteiger partial charge in [0.15, 0.2) is 0 Å². The summed E-state index contributed by atoms with van der Waals surface area (Å²) < 4.78 is 87.8. The predicted molar refractivity (Wildman–Crippen MR) is 124 cm³/mol. The SMILES string of the molecule is Cc1cc(F)cc(-c2ccc3c(c2)N(S(=O)(=O)c2cccc(C(F)(F)F)c2)C[C@H](CCC(=O)O)O3)c1. The predicted octanol–water partition coefficient (Wildman–Crippen LogP) is 5.64. The highest BCUT2D eigenvalue weighted by molar-refractivity contribution is 7.92. The van der Waals surface area contributed by atoms with Crippen LogP contribution in [0.2, 0.25) is 0 Å². The molecule has 0 aliphatic carbocycles. The zero-order valence-corrected chi connectivity index (χ0v) is 19.7. The molecule has 1 atom stereocenters.